The summed E-state index contributed by atoms with van der Waals surface area (Å²) in [7, 11) is 0. The number of ether oxygens (including phenoxy) is 1. The van der Waals surface area contributed by atoms with Crippen LogP contribution in [0.1, 0.15) is 33.3 Å². The zero-order chi connectivity index (χ0) is 23.0. The summed E-state index contributed by atoms with van der Waals surface area (Å²) in [5, 5.41) is 7.07. The summed E-state index contributed by atoms with van der Waals surface area (Å²) in [6.07, 6.45) is -2.26. The number of rotatable bonds is 5. The second kappa shape index (κ2) is 8.76. The summed E-state index contributed by atoms with van der Waals surface area (Å²) in [5.41, 5.74) is -1.50. The number of alkyl halides is 3. The molecule has 7 nitrogen and oxygen atoms in total. The SMILES string of the molecule is C[C@@H]1CN(C(C)(C)CNc2cnn(-c3ccc(C(F)(F)F)cn3)c(=O)c2Cl)C[C@H](C)O1. The number of hydrogen-bond donors (Lipinski definition) is 1. The number of halogens is 4. The van der Waals surface area contributed by atoms with Gasteiger partial charge in [0.25, 0.3) is 5.56 Å². The monoisotopic (exact) mass is 459 g/mol. The second-order valence-electron chi connectivity index (χ2n) is 8.32. The fraction of sp³-hybridized carbons (Fsp3) is 0.550. The maximum absolute atomic E-state index is 12.7. The molecule has 3 rings (SSSR count). The molecule has 0 unspecified atom stereocenters. The molecule has 1 saturated heterocycles. The fourth-order valence-corrected chi connectivity index (χ4v) is 3.69. The Balaban J connectivity index is 1.76. The number of anilines is 1. The van der Waals surface area contributed by atoms with Gasteiger partial charge in [-0.15, -0.1) is 0 Å². The highest BCUT2D eigenvalue weighted by molar-refractivity contribution is 6.32. The molecule has 2 atom stereocenters. The van der Waals surface area contributed by atoms with Crippen molar-refractivity contribution in [2.45, 2.75) is 51.6 Å². The minimum Gasteiger partial charge on any atom is -0.381 e. The van der Waals surface area contributed by atoms with Crippen LogP contribution in [0.25, 0.3) is 5.82 Å². The highest BCUT2D eigenvalue weighted by atomic mass is 35.5. The quantitative estimate of drug-likeness (QED) is 0.736. The van der Waals surface area contributed by atoms with Crippen LogP contribution < -0.4 is 10.9 Å². The van der Waals surface area contributed by atoms with E-state index in [1.807, 2.05) is 13.8 Å². The first kappa shape index (κ1) is 23.5. The summed E-state index contributed by atoms with van der Waals surface area (Å²) in [5.74, 6) is -0.0527. The maximum atomic E-state index is 12.7. The van der Waals surface area contributed by atoms with Crippen LogP contribution in [0, 0.1) is 0 Å². The Bertz CT molecular complexity index is 968. The molecule has 1 N–H and O–H groups in total. The molecule has 11 heteroatoms. The van der Waals surface area contributed by atoms with E-state index in [-0.39, 0.29) is 28.6 Å². The van der Waals surface area contributed by atoms with Gasteiger partial charge in [-0.3, -0.25) is 9.69 Å². The maximum Gasteiger partial charge on any atom is 0.417 e. The van der Waals surface area contributed by atoms with Crippen molar-refractivity contribution < 1.29 is 17.9 Å². The van der Waals surface area contributed by atoms with Gasteiger partial charge in [0.15, 0.2) is 5.82 Å². The van der Waals surface area contributed by atoms with E-state index in [1.165, 1.54) is 6.20 Å². The molecular weight excluding hydrogens is 435 g/mol. The third-order valence-electron chi connectivity index (χ3n) is 5.20. The first-order chi connectivity index (χ1) is 14.4. The van der Waals surface area contributed by atoms with Crippen LogP contribution in [-0.2, 0) is 10.9 Å². The molecule has 0 spiro atoms. The van der Waals surface area contributed by atoms with E-state index in [4.69, 9.17) is 16.3 Å². The van der Waals surface area contributed by atoms with Crippen LogP contribution >= 0.6 is 11.6 Å². The summed E-state index contributed by atoms with van der Waals surface area (Å²) >= 11 is 6.24. The van der Waals surface area contributed by atoms with Crippen molar-refractivity contribution in [1.82, 2.24) is 19.7 Å². The molecule has 0 radical (unpaired) electrons. The van der Waals surface area contributed by atoms with Gasteiger partial charge in [0.05, 0.1) is 29.7 Å². The number of aromatic nitrogens is 3. The van der Waals surface area contributed by atoms with Gasteiger partial charge in [0, 0.05) is 31.4 Å². The van der Waals surface area contributed by atoms with Crippen molar-refractivity contribution in [3.63, 3.8) is 0 Å². The number of nitrogens with zero attached hydrogens (tertiary/aromatic N) is 4. The third-order valence-corrected chi connectivity index (χ3v) is 5.56. The van der Waals surface area contributed by atoms with Gasteiger partial charge in [-0.2, -0.15) is 23.0 Å². The van der Waals surface area contributed by atoms with Gasteiger partial charge >= 0.3 is 6.18 Å². The minimum absolute atomic E-state index is 0.0527. The summed E-state index contributed by atoms with van der Waals surface area (Å²) in [6.45, 7) is 10.3. The Hall–Kier alpha value is -2.17. The molecule has 0 aliphatic carbocycles. The summed E-state index contributed by atoms with van der Waals surface area (Å²) in [4.78, 5) is 18.6. The van der Waals surface area contributed by atoms with Crippen molar-refractivity contribution in [2.75, 3.05) is 25.0 Å². The Kier molecular flexibility index (Phi) is 6.64. The normalized spacial score (nSPS) is 20.6. The lowest BCUT2D eigenvalue weighted by molar-refractivity contribution is -0.137. The third kappa shape index (κ3) is 5.36. The van der Waals surface area contributed by atoms with E-state index in [1.54, 1.807) is 0 Å². The van der Waals surface area contributed by atoms with E-state index >= 15 is 0 Å². The second-order valence-corrected chi connectivity index (χ2v) is 8.70. The van der Waals surface area contributed by atoms with Gasteiger partial charge < -0.3 is 10.1 Å². The van der Waals surface area contributed by atoms with E-state index in [0.717, 1.165) is 29.9 Å². The van der Waals surface area contributed by atoms with Crippen molar-refractivity contribution in [3.8, 4) is 5.82 Å². The number of nitrogens with one attached hydrogen (secondary N) is 1. The van der Waals surface area contributed by atoms with Crippen molar-refractivity contribution in [2.24, 2.45) is 0 Å². The largest absolute Gasteiger partial charge is 0.417 e. The van der Waals surface area contributed by atoms with Crippen LogP contribution in [0.3, 0.4) is 0 Å². The van der Waals surface area contributed by atoms with Crippen molar-refractivity contribution >= 4 is 17.3 Å². The minimum atomic E-state index is -4.52. The topological polar surface area (TPSA) is 72.3 Å². The standard InChI is InChI=1S/C20H25ClF3N5O2/c1-12-9-28(10-13(2)31-12)19(3,4)11-26-15-8-27-29(18(30)17(15)21)16-6-5-14(7-25-16)20(22,23)24/h5-8,12-13,26H,9-11H2,1-4H3/t12-,13+. The molecule has 3 heterocycles. The lowest BCUT2D eigenvalue weighted by Gasteiger charge is -2.45. The highest BCUT2D eigenvalue weighted by Crippen LogP contribution is 2.29. The van der Waals surface area contributed by atoms with E-state index < -0.39 is 17.3 Å². The van der Waals surface area contributed by atoms with Gasteiger partial charge in [-0.25, -0.2) is 4.98 Å². The van der Waals surface area contributed by atoms with Gasteiger partial charge in [-0.05, 0) is 39.8 Å². The predicted molar refractivity (Wildman–Crippen MR) is 112 cm³/mol. The Morgan fingerprint density at radius 1 is 1.19 bits per heavy atom. The zero-order valence-corrected chi connectivity index (χ0v) is 18.5. The molecule has 0 saturated carbocycles. The lowest BCUT2D eigenvalue weighted by Crippen LogP contribution is -2.57. The first-order valence-corrected chi connectivity index (χ1v) is 10.2. The Morgan fingerprint density at radius 3 is 2.39 bits per heavy atom. The van der Waals surface area contributed by atoms with E-state index in [9.17, 15) is 18.0 Å². The molecule has 0 bridgehead atoms. The van der Waals surface area contributed by atoms with Gasteiger partial charge in [0.2, 0.25) is 0 Å². The Labute approximate surface area is 183 Å². The molecule has 0 aromatic carbocycles. The lowest BCUT2D eigenvalue weighted by atomic mass is 10.00. The number of morpholine rings is 1. The summed E-state index contributed by atoms with van der Waals surface area (Å²) < 4.78 is 44.8. The molecular formula is C20H25ClF3N5O2. The zero-order valence-electron chi connectivity index (χ0n) is 17.7. The van der Waals surface area contributed by atoms with Crippen LogP contribution in [0.4, 0.5) is 18.9 Å². The average Bonchev–Trinajstić information content (AvgIpc) is 2.68. The molecule has 2 aromatic rings. The molecule has 1 aliphatic heterocycles. The highest BCUT2D eigenvalue weighted by Gasteiger charge is 2.33. The molecule has 1 aliphatic rings. The molecule has 170 valence electrons. The number of pyridine rings is 1. The van der Waals surface area contributed by atoms with Gasteiger partial charge in [-0.1, -0.05) is 11.6 Å². The summed E-state index contributed by atoms with van der Waals surface area (Å²) in [6, 6.07) is 1.91. The van der Waals surface area contributed by atoms with Crippen molar-refractivity contribution in [1.29, 1.82) is 0 Å². The van der Waals surface area contributed by atoms with Crippen LogP contribution in [-0.4, -0.2) is 57.0 Å². The van der Waals surface area contributed by atoms with Gasteiger partial charge in [0.1, 0.15) is 5.02 Å². The first-order valence-electron chi connectivity index (χ1n) is 9.84. The predicted octanol–water partition coefficient (Wildman–Crippen LogP) is 3.60. The average molecular weight is 460 g/mol. The molecule has 0 amide bonds. The van der Waals surface area contributed by atoms with Crippen LogP contribution in [0.2, 0.25) is 5.02 Å². The molecule has 31 heavy (non-hydrogen) atoms. The smallest absolute Gasteiger partial charge is 0.381 e. The van der Waals surface area contributed by atoms with E-state index in [0.29, 0.717) is 18.4 Å². The molecule has 2 aromatic heterocycles. The fourth-order valence-electron chi connectivity index (χ4n) is 3.49. The van der Waals surface area contributed by atoms with Crippen LogP contribution in [0.5, 0.6) is 0 Å². The molecule has 1 fully saturated rings. The number of hydrogen-bond acceptors (Lipinski definition) is 6. The Morgan fingerprint density at radius 2 is 1.84 bits per heavy atom. The van der Waals surface area contributed by atoms with Crippen molar-refractivity contribution in [3.05, 3.63) is 45.5 Å². The van der Waals surface area contributed by atoms with E-state index in [2.05, 4.69) is 34.1 Å². The van der Waals surface area contributed by atoms with Crippen LogP contribution in [0.15, 0.2) is 29.3 Å².